The number of benzene rings is 7. The highest BCUT2D eigenvalue weighted by Gasteiger charge is 2.18. The fourth-order valence-electron chi connectivity index (χ4n) is 6.39. The molecular formula is C42H30N2. The molecule has 0 aliphatic rings. The highest BCUT2D eigenvalue weighted by atomic mass is 15.1. The Morgan fingerprint density at radius 3 is 1.59 bits per heavy atom. The Balaban J connectivity index is 1.33. The van der Waals surface area contributed by atoms with E-state index in [1.165, 1.54) is 44.1 Å². The normalized spacial score (nSPS) is 11.2. The average molecular weight is 563 g/mol. The average Bonchev–Trinajstić information content (AvgIpc) is 3.44. The maximum absolute atomic E-state index is 2.41. The SMILES string of the molecule is c1ccc(-c2cccc3c2c2ccc(-c4cccc(N(c5ccccc5)c5ccccc5)c4)cc2n3-c2ccccc2)cc1. The number of aromatic nitrogens is 1. The summed E-state index contributed by atoms with van der Waals surface area (Å²) in [6.07, 6.45) is 0. The van der Waals surface area contributed by atoms with Crippen molar-refractivity contribution in [2.45, 2.75) is 0 Å². The molecule has 0 atom stereocenters. The predicted octanol–water partition coefficient (Wildman–Crippen LogP) is 11.6. The van der Waals surface area contributed by atoms with Crippen LogP contribution in [0.3, 0.4) is 0 Å². The lowest BCUT2D eigenvalue weighted by atomic mass is 9.98. The molecule has 1 heterocycles. The molecule has 0 aliphatic carbocycles. The molecule has 0 saturated carbocycles. The Morgan fingerprint density at radius 2 is 0.909 bits per heavy atom. The molecule has 44 heavy (non-hydrogen) atoms. The lowest BCUT2D eigenvalue weighted by molar-refractivity contribution is 1.18. The second-order valence-electron chi connectivity index (χ2n) is 11.0. The molecule has 0 saturated heterocycles. The Hall–Kier alpha value is -5.86. The van der Waals surface area contributed by atoms with Gasteiger partial charge in [-0.2, -0.15) is 0 Å². The minimum Gasteiger partial charge on any atom is -0.310 e. The highest BCUT2D eigenvalue weighted by Crippen LogP contribution is 2.41. The van der Waals surface area contributed by atoms with Crippen LogP contribution in [0.5, 0.6) is 0 Å². The molecule has 0 radical (unpaired) electrons. The molecule has 0 fully saturated rings. The molecule has 0 N–H and O–H groups in total. The first kappa shape index (κ1) is 25.8. The molecule has 0 spiro atoms. The lowest BCUT2D eigenvalue weighted by Gasteiger charge is -2.26. The molecule has 2 nitrogen and oxygen atoms in total. The second-order valence-corrected chi connectivity index (χ2v) is 11.0. The summed E-state index contributed by atoms with van der Waals surface area (Å²) in [5, 5.41) is 2.52. The first-order chi connectivity index (χ1) is 21.8. The van der Waals surface area contributed by atoms with Gasteiger partial charge in [-0.25, -0.2) is 0 Å². The van der Waals surface area contributed by atoms with Crippen LogP contribution in [0.15, 0.2) is 182 Å². The van der Waals surface area contributed by atoms with E-state index in [4.69, 9.17) is 0 Å². The third-order valence-electron chi connectivity index (χ3n) is 8.36. The summed E-state index contributed by atoms with van der Waals surface area (Å²) < 4.78 is 2.41. The summed E-state index contributed by atoms with van der Waals surface area (Å²) in [5.41, 5.74) is 11.8. The first-order valence-corrected chi connectivity index (χ1v) is 15.0. The molecule has 208 valence electrons. The van der Waals surface area contributed by atoms with Crippen LogP contribution in [0.4, 0.5) is 17.1 Å². The molecule has 0 aliphatic heterocycles. The zero-order chi connectivity index (χ0) is 29.3. The van der Waals surface area contributed by atoms with Crippen molar-refractivity contribution in [1.29, 1.82) is 0 Å². The number of hydrogen-bond acceptors (Lipinski definition) is 1. The third kappa shape index (κ3) is 4.54. The van der Waals surface area contributed by atoms with Crippen LogP contribution < -0.4 is 4.90 Å². The summed E-state index contributed by atoms with van der Waals surface area (Å²) in [6.45, 7) is 0. The van der Waals surface area contributed by atoms with Gasteiger partial charge < -0.3 is 9.47 Å². The Bertz CT molecular complexity index is 2160. The fraction of sp³-hybridized carbons (Fsp3) is 0. The number of fused-ring (bicyclic) bond motifs is 3. The van der Waals surface area contributed by atoms with Crippen molar-refractivity contribution < 1.29 is 0 Å². The molecule has 0 amide bonds. The number of rotatable bonds is 6. The summed E-state index contributed by atoms with van der Waals surface area (Å²) in [4.78, 5) is 2.31. The van der Waals surface area contributed by atoms with Crippen LogP contribution >= 0.6 is 0 Å². The van der Waals surface area contributed by atoms with E-state index in [0.29, 0.717) is 0 Å². The van der Waals surface area contributed by atoms with E-state index in [9.17, 15) is 0 Å². The number of nitrogens with zero attached hydrogens (tertiary/aromatic N) is 2. The van der Waals surface area contributed by atoms with E-state index < -0.39 is 0 Å². The Morgan fingerprint density at radius 1 is 0.364 bits per heavy atom. The van der Waals surface area contributed by atoms with Crippen molar-refractivity contribution in [3.63, 3.8) is 0 Å². The quantitative estimate of drug-likeness (QED) is 0.196. The van der Waals surface area contributed by atoms with E-state index in [-0.39, 0.29) is 0 Å². The van der Waals surface area contributed by atoms with Crippen molar-refractivity contribution in [3.8, 4) is 27.9 Å². The van der Waals surface area contributed by atoms with Crippen molar-refractivity contribution >= 4 is 38.9 Å². The van der Waals surface area contributed by atoms with Crippen LogP contribution in [-0.2, 0) is 0 Å². The van der Waals surface area contributed by atoms with E-state index in [0.717, 1.165) is 22.7 Å². The van der Waals surface area contributed by atoms with Gasteiger partial charge in [-0.3, -0.25) is 0 Å². The molecule has 0 bridgehead atoms. The molecule has 2 heteroatoms. The minimum atomic E-state index is 1.12. The van der Waals surface area contributed by atoms with Gasteiger partial charge in [-0.15, -0.1) is 0 Å². The Labute approximate surface area is 257 Å². The third-order valence-corrected chi connectivity index (χ3v) is 8.36. The van der Waals surface area contributed by atoms with Crippen molar-refractivity contribution in [1.82, 2.24) is 4.57 Å². The van der Waals surface area contributed by atoms with Gasteiger partial charge in [-0.05, 0) is 82.9 Å². The van der Waals surface area contributed by atoms with Gasteiger partial charge in [0.2, 0.25) is 0 Å². The largest absolute Gasteiger partial charge is 0.310 e. The van der Waals surface area contributed by atoms with Crippen molar-refractivity contribution in [2.75, 3.05) is 4.90 Å². The van der Waals surface area contributed by atoms with Gasteiger partial charge >= 0.3 is 0 Å². The number of para-hydroxylation sites is 3. The standard InChI is InChI=1S/C42H30N2/c1-5-15-31(16-6-1)38-25-14-26-40-42(38)39-28-27-33(30-41(39)44(40)36-22-11-4-12-23-36)32-17-13-24-37(29-32)43(34-18-7-2-8-19-34)35-20-9-3-10-21-35/h1-30H. The van der Waals surface area contributed by atoms with Crippen LogP contribution in [-0.4, -0.2) is 4.57 Å². The van der Waals surface area contributed by atoms with Crippen molar-refractivity contribution in [3.05, 3.63) is 182 Å². The molecule has 8 rings (SSSR count). The van der Waals surface area contributed by atoms with Gasteiger partial charge in [0.05, 0.1) is 11.0 Å². The first-order valence-electron chi connectivity index (χ1n) is 15.0. The van der Waals surface area contributed by atoms with Crippen LogP contribution in [0.25, 0.3) is 49.7 Å². The second kappa shape index (κ2) is 11.1. The monoisotopic (exact) mass is 562 g/mol. The van der Waals surface area contributed by atoms with Gasteiger partial charge in [0.1, 0.15) is 0 Å². The number of hydrogen-bond donors (Lipinski definition) is 0. The molecule has 0 unspecified atom stereocenters. The molecule has 7 aromatic carbocycles. The van der Waals surface area contributed by atoms with E-state index in [1.54, 1.807) is 0 Å². The summed E-state index contributed by atoms with van der Waals surface area (Å²) in [7, 11) is 0. The lowest BCUT2D eigenvalue weighted by Crippen LogP contribution is -2.09. The minimum absolute atomic E-state index is 1.12. The summed E-state index contributed by atoms with van der Waals surface area (Å²) in [5.74, 6) is 0. The highest BCUT2D eigenvalue weighted by molar-refractivity contribution is 6.16. The van der Waals surface area contributed by atoms with Gasteiger partial charge in [0, 0.05) is 33.5 Å². The predicted molar refractivity (Wildman–Crippen MR) is 186 cm³/mol. The molecular weight excluding hydrogens is 532 g/mol. The van der Waals surface area contributed by atoms with Crippen molar-refractivity contribution in [2.24, 2.45) is 0 Å². The van der Waals surface area contributed by atoms with Gasteiger partial charge in [0.15, 0.2) is 0 Å². The van der Waals surface area contributed by atoms with Gasteiger partial charge in [0.25, 0.3) is 0 Å². The zero-order valence-corrected chi connectivity index (χ0v) is 24.2. The topological polar surface area (TPSA) is 8.17 Å². The van der Waals surface area contributed by atoms with E-state index in [1.807, 2.05) is 0 Å². The molecule has 8 aromatic rings. The maximum atomic E-state index is 2.41. The Kier molecular flexibility index (Phi) is 6.51. The number of anilines is 3. The van der Waals surface area contributed by atoms with Gasteiger partial charge in [-0.1, -0.05) is 121 Å². The van der Waals surface area contributed by atoms with Crippen LogP contribution in [0.2, 0.25) is 0 Å². The maximum Gasteiger partial charge on any atom is 0.0547 e. The zero-order valence-electron chi connectivity index (χ0n) is 24.2. The molecule has 1 aromatic heterocycles. The van der Waals surface area contributed by atoms with Crippen LogP contribution in [0, 0.1) is 0 Å². The fourth-order valence-corrected chi connectivity index (χ4v) is 6.39. The summed E-state index contributed by atoms with van der Waals surface area (Å²) in [6, 6.07) is 65.0. The van der Waals surface area contributed by atoms with E-state index >= 15 is 0 Å². The van der Waals surface area contributed by atoms with Crippen LogP contribution in [0.1, 0.15) is 0 Å². The summed E-state index contributed by atoms with van der Waals surface area (Å²) >= 11 is 0. The van der Waals surface area contributed by atoms with E-state index in [2.05, 4.69) is 191 Å². The smallest absolute Gasteiger partial charge is 0.0547 e.